The van der Waals surface area contributed by atoms with Gasteiger partial charge in [0.1, 0.15) is 0 Å². The van der Waals surface area contributed by atoms with Crippen LogP contribution in [-0.2, 0) is 4.79 Å². The van der Waals surface area contributed by atoms with Crippen LogP contribution in [0.2, 0.25) is 0 Å². The minimum absolute atomic E-state index is 0.437. The average molecular weight is 201 g/mol. The Kier molecular flexibility index (Phi) is 2.88. The number of likely N-dealkylation sites (tertiary alicyclic amines) is 1. The highest BCUT2D eigenvalue weighted by Crippen LogP contribution is 2.37. The third kappa shape index (κ3) is 1.77. The van der Waals surface area contributed by atoms with Gasteiger partial charge >= 0.3 is 5.97 Å². The summed E-state index contributed by atoms with van der Waals surface area (Å²) in [7, 11) is 1.90. The molecular formula is C10H19NO3. The second-order valence-electron chi connectivity index (χ2n) is 4.80. The molecule has 0 aromatic rings. The molecule has 1 unspecified atom stereocenters. The Balaban J connectivity index is 2.87. The summed E-state index contributed by atoms with van der Waals surface area (Å²) in [6.07, 6.45) is 1.42. The molecule has 1 fully saturated rings. The van der Waals surface area contributed by atoms with E-state index in [1.54, 1.807) is 13.8 Å². The van der Waals surface area contributed by atoms with E-state index in [-0.39, 0.29) is 0 Å². The van der Waals surface area contributed by atoms with E-state index in [2.05, 4.69) is 0 Å². The van der Waals surface area contributed by atoms with Crippen LogP contribution in [0.4, 0.5) is 0 Å². The van der Waals surface area contributed by atoms with Gasteiger partial charge in [-0.1, -0.05) is 0 Å². The number of rotatable bonds is 2. The van der Waals surface area contributed by atoms with Gasteiger partial charge in [-0.05, 0) is 40.3 Å². The van der Waals surface area contributed by atoms with Crippen molar-refractivity contribution >= 4 is 5.97 Å². The van der Waals surface area contributed by atoms with Gasteiger partial charge in [0.25, 0.3) is 0 Å². The molecule has 2 N–H and O–H groups in total. The van der Waals surface area contributed by atoms with Crippen molar-refractivity contribution in [3.63, 3.8) is 0 Å². The van der Waals surface area contributed by atoms with Crippen molar-refractivity contribution in [2.24, 2.45) is 5.41 Å². The van der Waals surface area contributed by atoms with E-state index in [1.165, 1.54) is 0 Å². The van der Waals surface area contributed by atoms with Crippen molar-refractivity contribution in [1.29, 1.82) is 0 Å². The molecule has 1 aliphatic heterocycles. The third-order valence-corrected chi connectivity index (χ3v) is 3.36. The summed E-state index contributed by atoms with van der Waals surface area (Å²) < 4.78 is 0. The number of β-amino-alcohol motifs (C(OH)–C–C–N with tert-alkyl or cyclic N) is 1. The number of aliphatic hydroxyl groups is 1. The molecule has 0 aliphatic carbocycles. The van der Waals surface area contributed by atoms with Crippen LogP contribution in [0.25, 0.3) is 0 Å². The van der Waals surface area contributed by atoms with E-state index in [0.717, 1.165) is 13.0 Å². The highest BCUT2D eigenvalue weighted by Gasteiger charge is 2.50. The second-order valence-corrected chi connectivity index (χ2v) is 4.80. The van der Waals surface area contributed by atoms with E-state index in [1.807, 2.05) is 11.9 Å². The summed E-state index contributed by atoms with van der Waals surface area (Å²) in [6.45, 7) is 4.55. The monoisotopic (exact) mass is 201 g/mol. The fourth-order valence-electron chi connectivity index (χ4n) is 1.96. The zero-order chi connectivity index (χ0) is 11.0. The molecule has 0 amide bonds. The van der Waals surface area contributed by atoms with E-state index in [9.17, 15) is 9.90 Å². The molecule has 1 rings (SSSR count). The number of hydrogen-bond acceptors (Lipinski definition) is 3. The highest BCUT2D eigenvalue weighted by atomic mass is 16.4. The lowest BCUT2D eigenvalue weighted by molar-refractivity contribution is -0.171. The van der Waals surface area contributed by atoms with Crippen LogP contribution in [0.5, 0.6) is 0 Å². The van der Waals surface area contributed by atoms with Crippen molar-refractivity contribution in [3.8, 4) is 0 Å². The Hall–Kier alpha value is -0.610. The van der Waals surface area contributed by atoms with Gasteiger partial charge in [-0.2, -0.15) is 0 Å². The molecule has 1 atom stereocenters. The molecule has 0 aromatic heterocycles. The Labute approximate surface area is 84.5 Å². The number of likely N-dealkylation sites (N-methyl/N-ethyl adjacent to an activating group) is 1. The normalized spacial score (nSPS) is 30.3. The number of hydrogen-bond donors (Lipinski definition) is 2. The number of piperidine rings is 1. The van der Waals surface area contributed by atoms with Crippen LogP contribution in [0.15, 0.2) is 0 Å². The predicted molar refractivity (Wildman–Crippen MR) is 53.1 cm³/mol. The fraction of sp³-hybridized carbons (Fsp3) is 0.900. The Bertz CT molecular complexity index is 240. The molecule has 0 aromatic carbocycles. The van der Waals surface area contributed by atoms with Gasteiger partial charge in [0.15, 0.2) is 0 Å². The number of carbonyl (C=O) groups is 1. The van der Waals surface area contributed by atoms with Crippen LogP contribution in [0.1, 0.15) is 26.7 Å². The molecule has 14 heavy (non-hydrogen) atoms. The number of carboxylic acids is 1. The minimum Gasteiger partial charge on any atom is -0.481 e. The highest BCUT2D eigenvalue weighted by molar-refractivity contribution is 5.75. The van der Waals surface area contributed by atoms with Gasteiger partial charge in [0.2, 0.25) is 0 Å². The summed E-state index contributed by atoms with van der Waals surface area (Å²) in [6, 6.07) is 0. The number of carboxylic acid groups (broad SMARTS) is 1. The maximum Gasteiger partial charge on any atom is 0.312 e. The van der Waals surface area contributed by atoms with Gasteiger partial charge in [-0.15, -0.1) is 0 Å². The summed E-state index contributed by atoms with van der Waals surface area (Å²) in [5, 5.41) is 19.4. The quantitative estimate of drug-likeness (QED) is 0.685. The standard InChI is InChI=1S/C10H19NO3/c1-9(2,8(12)13)10(14)5-4-6-11(3)7-10/h14H,4-7H2,1-3H3,(H,12,13). The molecule has 0 bridgehead atoms. The summed E-state index contributed by atoms with van der Waals surface area (Å²) in [5.74, 6) is -0.935. The molecule has 0 saturated carbocycles. The van der Waals surface area contributed by atoms with Crippen molar-refractivity contribution in [2.75, 3.05) is 20.1 Å². The molecule has 0 radical (unpaired) electrons. The molecule has 1 heterocycles. The molecule has 4 heteroatoms. The largest absolute Gasteiger partial charge is 0.481 e. The van der Waals surface area contributed by atoms with Gasteiger partial charge in [0.05, 0.1) is 11.0 Å². The predicted octanol–water partition coefficient (Wildman–Crippen LogP) is 0.554. The van der Waals surface area contributed by atoms with Gasteiger partial charge in [0, 0.05) is 6.54 Å². The fourth-order valence-corrected chi connectivity index (χ4v) is 1.96. The average Bonchev–Trinajstić information content (AvgIpc) is 2.03. The third-order valence-electron chi connectivity index (χ3n) is 3.36. The zero-order valence-corrected chi connectivity index (χ0v) is 9.08. The first-order valence-electron chi connectivity index (χ1n) is 4.94. The second kappa shape index (κ2) is 3.51. The van der Waals surface area contributed by atoms with E-state index in [4.69, 9.17) is 5.11 Å². The number of aliphatic carboxylic acids is 1. The summed E-state index contributed by atoms with van der Waals surface area (Å²) in [5.41, 5.74) is -2.19. The first kappa shape index (κ1) is 11.5. The zero-order valence-electron chi connectivity index (χ0n) is 9.08. The first-order chi connectivity index (χ1) is 6.29. The van der Waals surface area contributed by atoms with Crippen molar-refractivity contribution in [3.05, 3.63) is 0 Å². The summed E-state index contributed by atoms with van der Waals surface area (Å²) >= 11 is 0. The van der Waals surface area contributed by atoms with Crippen molar-refractivity contribution in [1.82, 2.24) is 4.90 Å². The molecule has 1 saturated heterocycles. The van der Waals surface area contributed by atoms with E-state index in [0.29, 0.717) is 13.0 Å². The molecule has 4 nitrogen and oxygen atoms in total. The number of nitrogens with zero attached hydrogens (tertiary/aromatic N) is 1. The van der Waals surface area contributed by atoms with Crippen LogP contribution >= 0.6 is 0 Å². The lowest BCUT2D eigenvalue weighted by Gasteiger charge is -2.45. The van der Waals surface area contributed by atoms with E-state index < -0.39 is 17.0 Å². The van der Waals surface area contributed by atoms with Crippen molar-refractivity contribution in [2.45, 2.75) is 32.3 Å². The molecule has 82 valence electrons. The topological polar surface area (TPSA) is 60.8 Å². The lowest BCUT2D eigenvalue weighted by Crippen LogP contribution is -2.58. The van der Waals surface area contributed by atoms with Crippen LogP contribution < -0.4 is 0 Å². The van der Waals surface area contributed by atoms with Gasteiger partial charge in [-0.3, -0.25) is 4.79 Å². The Morgan fingerprint density at radius 3 is 2.50 bits per heavy atom. The Morgan fingerprint density at radius 2 is 2.07 bits per heavy atom. The molecular weight excluding hydrogens is 182 g/mol. The SMILES string of the molecule is CN1CCCC(O)(C(C)(C)C(=O)O)C1. The van der Waals surface area contributed by atoms with Crippen LogP contribution in [0.3, 0.4) is 0 Å². The minimum atomic E-state index is -1.11. The summed E-state index contributed by atoms with van der Waals surface area (Å²) in [4.78, 5) is 13.0. The maximum absolute atomic E-state index is 11.1. The lowest BCUT2D eigenvalue weighted by atomic mass is 9.70. The van der Waals surface area contributed by atoms with Gasteiger partial charge < -0.3 is 15.1 Å². The van der Waals surface area contributed by atoms with Gasteiger partial charge in [-0.25, -0.2) is 0 Å². The molecule has 0 spiro atoms. The smallest absolute Gasteiger partial charge is 0.312 e. The Morgan fingerprint density at radius 1 is 1.50 bits per heavy atom. The first-order valence-corrected chi connectivity index (χ1v) is 4.94. The van der Waals surface area contributed by atoms with Crippen molar-refractivity contribution < 1.29 is 15.0 Å². The molecule has 1 aliphatic rings. The van der Waals surface area contributed by atoms with Crippen LogP contribution in [-0.4, -0.2) is 46.8 Å². The van der Waals surface area contributed by atoms with Crippen LogP contribution in [0, 0.1) is 5.41 Å². The maximum atomic E-state index is 11.1. The van der Waals surface area contributed by atoms with E-state index >= 15 is 0 Å².